The molecule has 0 saturated carbocycles. The van der Waals surface area contributed by atoms with E-state index >= 15 is 0 Å². The Balaban J connectivity index is 1.86. The van der Waals surface area contributed by atoms with Gasteiger partial charge in [0.15, 0.2) is 5.65 Å². The van der Waals surface area contributed by atoms with Crippen LogP contribution in [0.1, 0.15) is 19.3 Å². The molecule has 3 aromatic rings. The number of nitrogens with one attached hydrogen (secondary N) is 1. The number of nitrogens with zero attached hydrogens (tertiary/aromatic N) is 4. The van der Waals surface area contributed by atoms with Gasteiger partial charge in [-0.15, -0.1) is 0 Å². The standard InChI is InChI=1S/C17H17N5OS/c23-15-13-14(19-17(20-15)21-9-5-2-6-10-21)18-11-22(16(13)24)12-7-3-1-4-8-12/h1,3-4,7-8,11H,2,5-6,9-10H2,(H,19,20,23). The van der Waals surface area contributed by atoms with Crippen LogP contribution in [0.4, 0.5) is 5.95 Å². The van der Waals surface area contributed by atoms with Crippen LogP contribution in [-0.2, 0) is 0 Å². The van der Waals surface area contributed by atoms with E-state index in [4.69, 9.17) is 12.2 Å². The monoisotopic (exact) mass is 339 g/mol. The Morgan fingerprint density at radius 3 is 2.58 bits per heavy atom. The second kappa shape index (κ2) is 6.16. The first-order valence-corrected chi connectivity index (χ1v) is 8.47. The number of aromatic nitrogens is 4. The number of anilines is 1. The number of hydrogen-bond acceptors (Lipinski definition) is 5. The van der Waals surface area contributed by atoms with E-state index in [2.05, 4.69) is 19.9 Å². The minimum atomic E-state index is -0.233. The maximum atomic E-state index is 12.6. The zero-order valence-corrected chi connectivity index (χ0v) is 13.9. The van der Waals surface area contributed by atoms with Crippen molar-refractivity contribution in [2.45, 2.75) is 19.3 Å². The van der Waals surface area contributed by atoms with E-state index in [1.807, 2.05) is 30.3 Å². The molecule has 2 aromatic heterocycles. The van der Waals surface area contributed by atoms with Gasteiger partial charge >= 0.3 is 0 Å². The van der Waals surface area contributed by atoms with Gasteiger partial charge in [-0.3, -0.25) is 14.3 Å². The van der Waals surface area contributed by atoms with Crippen LogP contribution in [-0.4, -0.2) is 32.6 Å². The van der Waals surface area contributed by atoms with Gasteiger partial charge < -0.3 is 4.90 Å². The van der Waals surface area contributed by atoms with Crippen molar-refractivity contribution >= 4 is 29.2 Å². The smallest absolute Gasteiger partial charge is 0.264 e. The molecule has 3 heterocycles. The van der Waals surface area contributed by atoms with Gasteiger partial charge in [0.25, 0.3) is 5.56 Å². The number of benzene rings is 1. The highest BCUT2D eigenvalue weighted by molar-refractivity contribution is 7.71. The molecular weight excluding hydrogens is 322 g/mol. The van der Waals surface area contributed by atoms with Crippen LogP contribution in [0, 0.1) is 4.64 Å². The number of H-pyrrole nitrogens is 1. The van der Waals surface area contributed by atoms with Crippen molar-refractivity contribution in [1.29, 1.82) is 0 Å². The van der Waals surface area contributed by atoms with Crippen LogP contribution in [0.2, 0.25) is 0 Å². The number of para-hydroxylation sites is 1. The van der Waals surface area contributed by atoms with E-state index in [9.17, 15) is 4.79 Å². The lowest BCUT2D eigenvalue weighted by Crippen LogP contribution is -2.32. The van der Waals surface area contributed by atoms with E-state index in [1.165, 1.54) is 6.42 Å². The molecular formula is C17H17N5OS. The molecule has 4 rings (SSSR count). The summed E-state index contributed by atoms with van der Waals surface area (Å²) in [5.74, 6) is 0.589. The zero-order valence-electron chi connectivity index (χ0n) is 13.1. The largest absolute Gasteiger partial charge is 0.342 e. The average molecular weight is 339 g/mol. The minimum absolute atomic E-state index is 0.233. The molecule has 1 fully saturated rings. The maximum absolute atomic E-state index is 12.6. The summed E-state index contributed by atoms with van der Waals surface area (Å²) in [6.45, 7) is 1.82. The summed E-state index contributed by atoms with van der Waals surface area (Å²) in [6.07, 6.45) is 5.08. The lowest BCUT2D eigenvalue weighted by Gasteiger charge is -2.26. The van der Waals surface area contributed by atoms with Crippen LogP contribution in [0.3, 0.4) is 0 Å². The summed E-state index contributed by atoms with van der Waals surface area (Å²) in [5, 5.41) is 0.358. The second-order valence-electron chi connectivity index (χ2n) is 5.89. The third-order valence-electron chi connectivity index (χ3n) is 4.31. The molecule has 0 amide bonds. The van der Waals surface area contributed by atoms with Crippen molar-refractivity contribution in [2.24, 2.45) is 0 Å². The SMILES string of the molecule is O=c1[nH]c(N2CCCCC2)nc2ncn(-c3ccccc3)c(=S)c12. The van der Waals surface area contributed by atoms with Crippen molar-refractivity contribution in [3.8, 4) is 5.69 Å². The lowest BCUT2D eigenvalue weighted by atomic mass is 10.1. The van der Waals surface area contributed by atoms with E-state index in [-0.39, 0.29) is 5.56 Å². The summed E-state index contributed by atoms with van der Waals surface area (Å²) >= 11 is 5.51. The van der Waals surface area contributed by atoms with E-state index in [1.54, 1.807) is 10.9 Å². The maximum Gasteiger partial charge on any atom is 0.264 e. The van der Waals surface area contributed by atoms with Gasteiger partial charge in [-0.05, 0) is 31.4 Å². The van der Waals surface area contributed by atoms with Crippen LogP contribution < -0.4 is 10.5 Å². The highest BCUT2D eigenvalue weighted by atomic mass is 32.1. The Morgan fingerprint density at radius 2 is 1.83 bits per heavy atom. The van der Waals surface area contributed by atoms with Gasteiger partial charge in [0, 0.05) is 18.8 Å². The zero-order chi connectivity index (χ0) is 16.5. The van der Waals surface area contributed by atoms with Crippen LogP contribution in [0.25, 0.3) is 16.7 Å². The van der Waals surface area contributed by atoms with Crippen molar-refractivity contribution in [3.05, 3.63) is 51.7 Å². The highest BCUT2D eigenvalue weighted by Crippen LogP contribution is 2.17. The summed E-state index contributed by atoms with van der Waals surface area (Å²) in [7, 11) is 0. The van der Waals surface area contributed by atoms with Gasteiger partial charge in [-0.1, -0.05) is 30.4 Å². The van der Waals surface area contributed by atoms with Gasteiger partial charge in [0.2, 0.25) is 5.95 Å². The molecule has 1 N–H and O–H groups in total. The number of aromatic amines is 1. The Kier molecular flexibility index (Phi) is 3.86. The fourth-order valence-corrected chi connectivity index (χ4v) is 3.39. The predicted molar refractivity (Wildman–Crippen MR) is 96.4 cm³/mol. The third-order valence-corrected chi connectivity index (χ3v) is 4.71. The molecule has 0 spiro atoms. The normalized spacial score (nSPS) is 14.9. The number of fused-ring (bicyclic) bond motifs is 1. The number of hydrogen-bond donors (Lipinski definition) is 1. The fourth-order valence-electron chi connectivity index (χ4n) is 3.05. The molecule has 122 valence electrons. The molecule has 0 bridgehead atoms. The molecule has 0 radical (unpaired) electrons. The van der Waals surface area contributed by atoms with Crippen molar-refractivity contribution in [2.75, 3.05) is 18.0 Å². The van der Waals surface area contributed by atoms with Crippen LogP contribution in [0.5, 0.6) is 0 Å². The molecule has 1 aliphatic heterocycles. The summed E-state index contributed by atoms with van der Waals surface area (Å²) in [4.78, 5) is 26.5. The first kappa shape index (κ1) is 15.0. The highest BCUT2D eigenvalue weighted by Gasteiger charge is 2.16. The first-order chi connectivity index (χ1) is 11.7. The molecule has 1 aliphatic rings. The summed E-state index contributed by atoms with van der Waals surface area (Å²) < 4.78 is 2.15. The summed E-state index contributed by atoms with van der Waals surface area (Å²) in [5.41, 5.74) is 1.04. The van der Waals surface area contributed by atoms with Crippen LogP contribution >= 0.6 is 12.2 Å². The molecule has 1 aromatic carbocycles. The molecule has 0 aliphatic carbocycles. The Hall–Kier alpha value is -2.54. The van der Waals surface area contributed by atoms with Crippen molar-refractivity contribution < 1.29 is 0 Å². The quantitative estimate of drug-likeness (QED) is 0.727. The average Bonchev–Trinajstić information content (AvgIpc) is 2.63. The Morgan fingerprint density at radius 1 is 1.08 bits per heavy atom. The van der Waals surface area contributed by atoms with E-state index in [0.717, 1.165) is 31.6 Å². The number of piperidine rings is 1. The number of rotatable bonds is 2. The Bertz CT molecular complexity index is 989. The Labute approximate surface area is 143 Å². The predicted octanol–water partition coefficient (Wildman–Crippen LogP) is 2.83. The van der Waals surface area contributed by atoms with Crippen molar-refractivity contribution in [1.82, 2.24) is 19.5 Å². The van der Waals surface area contributed by atoms with Gasteiger partial charge in [0.05, 0.1) is 0 Å². The summed E-state index contributed by atoms with van der Waals surface area (Å²) in [6, 6.07) is 9.62. The molecule has 0 atom stereocenters. The third kappa shape index (κ3) is 2.60. The fraction of sp³-hybridized carbons (Fsp3) is 0.294. The van der Waals surface area contributed by atoms with Crippen LogP contribution in [0.15, 0.2) is 41.5 Å². The molecule has 7 heteroatoms. The first-order valence-electron chi connectivity index (χ1n) is 8.06. The topological polar surface area (TPSA) is 66.8 Å². The second-order valence-corrected chi connectivity index (χ2v) is 6.28. The van der Waals surface area contributed by atoms with Crippen molar-refractivity contribution in [3.63, 3.8) is 0 Å². The van der Waals surface area contributed by atoms with Gasteiger partial charge in [-0.2, -0.15) is 4.98 Å². The minimum Gasteiger partial charge on any atom is -0.342 e. The lowest BCUT2D eigenvalue weighted by molar-refractivity contribution is 0.568. The molecule has 6 nitrogen and oxygen atoms in total. The molecule has 24 heavy (non-hydrogen) atoms. The van der Waals surface area contributed by atoms with Gasteiger partial charge in [0.1, 0.15) is 16.4 Å². The molecule has 1 saturated heterocycles. The van der Waals surface area contributed by atoms with E-state index in [0.29, 0.717) is 21.6 Å². The van der Waals surface area contributed by atoms with Gasteiger partial charge in [-0.25, -0.2) is 4.98 Å². The molecule has 0 unspecified atom stereocenters. The van der Waals surface area contributed by atoms with E-state index < -0.39 is 0 Å².